The number of benzene rings is 2. The first-order valence-corrected chi connectivity index (χ1v) is 9.68. The maximum atomic E-state index is 13.0. The highest BCUT2D eigenvalue weighted by Gasteiger charge is 2.25. The molecule has 0 aromatic heterocycles. The van der Waals surface area contributed by atoms with E-state index >= 15 is 0 Å². The Kier molecular flexibility index (Phi) is 4.51. The fourth-order valence-corrected chi connectivity index (χ4v) is 4.97. The van der Waals surface area contributed by atoms with Crippen LogP contribution in [-0.4, -0.2) is 15.2 Å². The van der Waals surface area contributed by atoms with E-state index in [0.29, 0.717) is 16.4 Å². The molecule has 134 valence electrons. The average molecular weight is 361 g/mol. The second kappa shape index (κ2) is 6.35. The van der Waals surface area contributed by atoms with Gasteiger partial charge in [0, 0.05) is 6.04 Å². The van der Waals surface area contributed by atoms with Gasteiger partial charge in [-0.2, -0.15) is 0 Å². The summed E-state index contributed by atoms with van der Waals surface area (Å²) in [5.41, 5.74) is 4.34. The van der Waals surface area contributed by atoms with Gasteiger partial charge in [0.25, 0.3) is 0 Å². The Balaban J connectivity index is 1.94. The predicted molar refractivity (Wildman–Crippen MR) is 96.7 cm³/mol. The van der Waals surface area contributed by atoms with Gasteiger partial charge in [-0.05, 0) is 74.6 Å². The normalized spacial score (nSPS) is 14.6. The van der Waals surface area contributed by atoms with Crippen molar-refractivity contribution in [3.05, 3.63) is 52.1 Å². The minimum Gasteiger partial charge on any atom is -0.454 e. The molecule has 0 spiro atoms. The summed E-state index contributed by atoms with van der Waals surface area (Å²) in [7, 11) is -3.65. The first-order chi connectivity index (χ1) is 11.7. The van der Waals surface area contributed by atoms with Crippen molar-refractivity contribution in [3.8, 4) is 11.5 Å². The molecule has 0 fully saturated rings. The number of nitrogens with one attached hydrogen (secondary N) is 1. The quantitative estimate of drug-likeness (QED) is 0.902. The van der Waals surface area contributed by atoms with Crippen LogP contribution in [0.1, 0.15) is 40.8 Å². The van der Waals surface area contributed by atoms with Gasteiger partial charge >= 0.3 is 0 Å². The lowest BCUT2D eigenvalue weighted by molar-refractivity contribution is 0.174. The van der Waals surface area contributed by atoms with E-state index in [9.17, 15) is 8.42 Å². The molecule has 3 rings (SSSR count). The molecule has 0 bridgehead atoms. The minimum atomic E-state index is -3.65. The van der Waals surface area contributed by atoms with Gasteiger partial charge in [-0.25, -0.2) is 13.1 Å². The maximum Gasteiger partial charge on any atom is 0.241 e. The number of ether oxygens (including phenoxy) is 2. The van der Waals surface area contributed by atoms with Crippen LogP contribution < -0.4 is 14.2 Å². The Morgan fingerprint density at radius 3 is 2.20 bits per heavy atom. The first-order valence-electron chi connectivity index (χ1n) is 8.20. The summed E-state index contributed by atoms with van der Waals surface area (Å²) in [5.74, 6) is 1.32. The molecule has 6 heteroatoms. The van der Waals surface area contributed by atoms with Gasteiger partial charge in [-0.15, -0.1) is 0 Å². The lowest BCUT2D eigenvalue weighted by Crippen LogP contribution is -2.28. The number of fused-ring (bicyclic) bond motifs is 1. The zero-order valence-corrected chi connectivity index (χ0v) is 16.0. The largest absolute Gasteiger partial charge is 0.454 e. The predicted octanol–water partition coefficient (Wildman–Crippen LogP) is 3.69. The van der Waals surface area contributed by atoms with Crippen LogP contribution in [0.5, 0.6) is 11.5 Å². The molecule has 1 heterocycles. The summed E-state index contributed by atoms with van der Waals surface area (Å²) in [6, 6.07) is 7.10. The summed E-state index contributed by atoms with van der Waals surface area (Å²) in [5, 5.41) is 0. The van der Waals surface area contributed by atoms with Crippen molar-refractivity contribution in [1.29, 1.82) is 0 Å². The molecular formula is C19H23NO4S. The molecule has 0 unspecified atom stereocenters. The molecule has 25 heavy (non-hydrogen) atoms. The Labute approximate surface area is 149 Å². The lowest BCUT2D eigenvalue weighted by Gasteiger charge is -2.19. The summed E-state index contributed by atoms with van der Waals surface area (Å²) < 4.78 is 39.5. The Morgan fingerprint density at radius 1 is 0.960 bits per heavy atom. The summed E-state index contributed by atoms with van der Waals surface area (Å²) in [4.78, 5) is 0.373. The standard InChI is InChI=1S/C19H23NO4S/c1-11-8-12(2)14(4)19(13(11)3)25(21,22)20-15(5)16-6-7-17-18(9-16)24-10-23-17/h6-9,15,20H,10H2,1-5H3/t15-/m1/s1. The zero-order valence-electron chi connectivity index (χ0n) is 15.1. The molecule has 0 saturated heterocycles. The molecule has 2 aromatic carbocycles. The molecule has 5 nitrogen and oxygen atoms in total. The molecule has 2 aromatic rings. The number of hydrogen-bond donors (Lipinski definition) is 1. The monoisotopic (exact) mass is 361 g/mol. The topological polar surface area (TPSA) is 64.6 Å². The van der Waals surface area contributed by atoms with Crippen LogP contribution in [0.15, 0.2) is 29.2 Å². The SMILES string of the molecule is Cc1cc(C)c(C)c(S(=O)(=O)N[C@H](C)c2ccc3c(c2)OCO3)c1C. The van der Waals surface area contributed by atoms with Gasteiger partial charge in [0.15, 0.2) is 11.5 Å². The van der Waals surface area contributed by atoms with Gasteiger partial charge < -0.3 is 9.47 Å². The average Bonchev–Trinajstić information content (AvgIpc) is 3.00. The van der Waals surface area contributed by atoms with Gasteiger partial charge in [0.05, 0.1) is 4.90 Å². The van der Waals surface area contributed by atoms with E-state index < -0.39 is 10.0 Å². The first kappa shape index (κ1) is 17.8. The van der Waals surface area contributed by atoms with Gasteiger partial charge in [-0.3, -0.25) is 0 Å². The van der Waals surface area contributed by atoms with Crippen LogP contribution in [-0.2, 0) is 10.0 Å². The molecular weight excluding hydrogens is 338 g/mol. The Hall–Kier alpha value is -2.05. The van der Waals surface area contributed by atoms with E-state index in [1.807, 2.05) is 52.8 Å². The number of rotatable bonds is 4. The fraction of sp³-hybridized carbons (Fsp3) is 0.368. The summed E-state index contributed by atoms with van der Waals surface area (Å²) >= 11 is 0. The molecule has 1 aliphatic heterocycles. The number of aryl methyl sites for hydroxylation is 2. The maximum absolute atomic E-state index is 13.0. The number of sulfonamides is 1. The molecule has 1 N–H and O–H groups in total. The van der Waals surface area contributed by atoms with Gasteiger partial charge in [0.1, 0.15) is 0 Å². The van der Waals surface area contributed by atoms with Crippen LogP contribution in [0.4, 0.5) is 0 Å². The Morgan fingerprint density at radius 2 is 1.56 bits per heavy atom. The van der Waals surface area contributed by atoms with Crippen molar-refractivity contribution in [2.24, 2.45) is 0 Å². The molecule has 1 aliphatic rings. The van der Waals surface area contributed by atoms with Crippen LogP contribution in [0, 0.1) is 27.7 Å². The van der Waals surface area contributed by atoms with Crippen LogP contribution in [0.25, 0.3) is 0 Å². The zero-order chi connectivity index (χ0) is 18.4. The van der Waals surface area contributed by atoms with E-state index in [2.05, 4.69) is 4.72 Å². The second-order valence-electron chi connectivity index (χ2n) is 6.55. The van der Waals surface area contributed by atoms with Crippen molar-refractivity contribution in [2.75, 3.05) is 6.79 Å². The van der Waals surface area contributed by atoms with Crippen molar-refractivity contribution in [2.45, 2.75) is 45.6 Å². The van der Waals surface area contributed by atoms with E-state index in [-0.39, 0.29) is 12.8 Å². The number of hydrogen-bond acceptors (Lipinski definition) is 4. The van der Waals surface area contributed by atoms with E-state index in [4.69, 9.17) is 9.47 Å². The second-order valence-corrected chi connectivity index (χ2v) is 8.20. The third-order valence-electron chi connectivity index (χ3n) is 4.79. The molecule has 0 amide bonds. The van der Waals surface area contributed by atoms with Crippen molar-refractivity contribution >= 4 is 10.0 Å². The van der Waals surface area contributed by atoms with Crippen LogP contribution in [0.2, 0.25) is 0 Å². The van der Waals surface area contributed by atoms with Crippen molar-refractivity contribution < 1.29 is 17.9 Å². The highest BCUT2D eigenvalue weighted by molar-refractivity contribution is 7.89. The Bertz CT molecular complexity index is 909. The summed E-state index contributed by atoms with van der Waals surface area (Å²) in [6.07, 6.45) is 0. The third-order valence-corrected chi connectivity index (χ3v) is 6.61. The van der Waals surface area contributed by atoms with Crippen molar-refractivity contribution in [1.82, 2.24) is 4.72 Å². The van der Waals surface area contributed by atoms with Crippen molar-refractivity contribution in [3.63, 3.8) is 0 Å². The van der Waals surface area contributed by atoms with Crippen LogP contribution >= 0.6 is 0 Å². The van der Waals surface area contributed by atoms with E-state index in [1.54, 1.807) is 6.07 Å². The van der Waals surface area contributed by atoms with Gasteiger partial charge in [-0.1, -0.05) is 12.1 Å². The highest BCUT2D eigenvalue weighted by Crippen LogP contribution is 2.35. The van der Waals surface area contributed by atoms with Gasteiger partial charge in [0.2, 0.25) is 16.8 Å². The summed E-state index contributed by atoms with van der Waals surface area (Å²) in [6.45, 7) is 9.58. The van der Waals surface area contributed by atoms with E-state index in [1.165, 1.54) is 0 Å². The van der Waals surface area contributed by atoms with E-state index in [0.717, 1.165) is 27.8 Å². The minimum absolute atomic E-state index is 0.194. The molecule has 0 aliphatic carbocycles. The lowest BCUT2D eigenvalue weighted by atomic mass is 10.0. The molecule has 0 radical (unpaired) electrons. The van der Waals surface area contributed by atoms with Crippen LogP contribution in [0.3, 0.4) is 0 Å². The third kappa shape index (κ3) is 3.24. The fourth-order valence-electron chi connectivity index (χ4n) is 3.13. The highest BCUT2D eigenvalue weighted by atomic mass is 32.2. The molecule has 1 atom stereocenters. The molecule has 0 saturated carbocycles. The smallest absolute Gasteiger partial charge is 0.241 e.